The van der Waals surface area contributed by atoms with Gasteiger partial charge >= 0.3 is 5.89 Å². The zero-order valence-electron chi connectivity index (χ0n) is 12.5. The van der Waals surface area contributed by atoms with Crippen molar-refractivity contribution in [1.29, 1.82) is 0 Å². The molecule has 1 N–H and O–H groups in total. The Morgan fingerprint density at radius 1 is 1.33 bits per heavy atom. The average molecular weight is 291 g/mol. The van der Waals surface area contributed by atoms with Gasteiger partial charge in [0.05, 0.1) is 13.0 Å². The highest BCUT2D eigenvalue weighted by Crippen LogP contribution is 2.12. The van der Waals surface area contributed by atoms with E-state index in [4.69, 9.17) is 4.42 Å². The van der Waals surface area contributed by atoms with Crippen LogP contribution in [-0.2, 0) is 11.2 Å². The molecule has 0 spiro atoms. The van der Waals surface area contributed by atoms with Gasteiger partial charge in [0, 0.05) is 12.6 Å². The van der Waals surface area contributed by atoms with Crippen molar-refractivity contribution in [3.8, 4) is 0 Å². The van der Waals surface area contributed by atoms with Gasteiger partial charge in [-0.25, -0.2) is 0 Å². The lowest BCUT2D eigenvalue weighted by atomic mass is 10.3. The number of aromatic nitrogens is 1. The van der Waals surface area contributed by atoms with Crippen molar-refractivity contribution in [2.24, 2.45) is 0 Å². The van der Waals surface area contributed by atoms with Crippen LogP contribution in [0.2, 0.25) is 0 Å². The maximum atomic E-state index is 12.0. The standard InChI is InChI=1S/C15H21N3O3/c1-3-17(4-2)11-14(19)16-10-9-15-18(20)12-7-5-6-8-13(12)21-15/h5-8H,3-4,9-11H2,1-2H3,(H,16,19). The first-order valence-electron chi connectivity index (χ1n) is 7.24. The predicted molar refractivity (Wildman–Crippen MR) is 79.7 cm³/mol. The second-order valence-electron chi connectivity index (χ2n) is 4.82. The molecule has 0 saturated carbocycles. The van der Waals surface area contributed by atoms with Gasteiger partial charge in [0.25, 0.3) is 5.52 Å². The third-order valence-electron chi connectivity index (χ3n) is 3.46. The van der Waals surface area contributed by atoms with Crippen molar-refractivity contribution < 1.29 is 13.9 Å². The van der Waals surface area contributed by atoms with Crippen molar-refractivity contribution in [2.75, 3.05) is 26.2 Å². The third kappa shape index (κ3) is 3.72. The smallest absolute Gasteiger partial charge is 0.361 e. The molecule has 1 amide bonds. The summed E-state index contributed by atoms with van der Waals surface area (Å²) in [5, 5.41) is 14.8. The predicted octanol–water partition coefficient (Wildman–Crippen LogP) is 1.07. The number of benzene rings is 1. The molecule has 0 aliphatic rings. The van der Waals surface area contributed by atoms with Crippen molar-refractivity contribution in [3.05, 3.63) is 35.4 Å². The quantitative estimate of drug-likeness (QED) is 0.612. The molecule has 0 bridgehead atoms. The molecule has 1 heterocycles. The summed E-state index contributed by atoms with van der Waals surface area (Å²) < 4.78 is 6.28. The summed E-state index contributed by atoms with van der Waals surface area (Å²) in [4.78, 5) is 13.8. The van der Waals surface area contributed by atoms with Crippen LogP contribution in [-0.4, -0.2) is 37.0 Å². The summed E-state index contributed by atoms with van der Waals surface area (Å²) in [6, 6.07) is 7.09. The zero-order valence-corrected chi connectivity index (χ0v) is 12.5. The number of carbonyl (C=O) groups excluding carboxylic acids is 1. The van der Waals surface area contributed by atoms with E-state index < -0.39 is 0 Å². The van der Waals surface area contributed by atoms with Gasteiger partial charge in [-0.05, 0) is 19.2 Å². The molecule has 0 aliphatic heterocycles. The van der Waals surface area contributed by atoms with E-state index in [1.54, 1.807) is 18.2 Å². The Kier molecular flexibility index (Phi) is 5.16. The van der Waals surface area contributed by atoms with E-state index in [1.807, 2.05) is 24.8 Å². The Morgan fingerprint density at radius 3 is 2.71 bits per heavy atom. The fraction of sp³-hybridized carbons (Fsp3) is 0.467. The van der Waals surface area contributed by atoms with Crippen LogP contribution in [0.25, 0.3) is 11.1 Å². The second kappa shape index (κ2) is 7.08. The zero-order chi connectivity index (χ0) is 15.2. The Labute approximate surface area is 123 Å². The van der Waals surface area contributed by atoms with Crippen LogP contribution >= 0.6 is 0 Å². The van der Waals surface area contributed by atoms with Crippen molar-refractivity contribution >= 4 is 17.0 Å². The van der Waals surface area contributed by atoms with Crippen LogP contribution in [0.1, 0.15) is 19.7 Å². The summed E-state index contributed by atoms with van der Waals surface area (Å²) in [6.07, 6.45) is 0.377. The molecule has 21 heavy (non-hydrogen) atoms. The molecule has 0 saturated heterocycles. The SMILES string of the molecule is CCN(CC)CC(=O)NCCc1oc2ccccc2[n+]1[O-]. The van der Waals surface area contributed by atoms with Crippen LogP contribution in [0.5, 0.6) is 0 Å². The molecule has 0 radical (unpaired) electrons. The monoisotopic (exact) mass is 291 g/mol. The maximum Gasteiger partial charge on any atom is 0.361 e. The van der Waals surface area contributed by atoms with Gasteiger partial charge in [0.2, 0.25) is 11.5 Å². The van der Waals surface area contributed by atoms with Crippen LogP contribution in [0.3, 0.4) is 0 Å². The van der Waals surface area contributed by atoms with Gasteiger partial charge in [-0.1, -0.05) is 26.0 Å². The number of likely N-dealkylation sites (N-methyl/N-ethyl adjacent to an activating group) is 1. The highest BCUT2D eigenvalue weighted by atomic mass is 16.5. The number of nitrogens with one attached hydrogen (secondary N) is 1. The molecule has 1 aromatic heterocycles. The Bertz CT molecular complexity index is 605. The first-order valence-corrected chi connectivity index (χ1v) is 7.24. The number of amides is 1. The highest BCUT2D eigenvalue weighted by Gasteiger charge is 2.17. The molecule has 0 fully saturated rings. The van der Waals surface area contributed by atoms with Crippen LogP contribution in [0, 0.1) is 5.21 Å². The molecule has 2 rings (SSSR count). The van der Waals surface area contributed by atoms with Crippen molar-refractivity contribution in [3.63, 3.8) is 0 Å². The molecule has 0 unspecified atom stereocenters. The molecule has 0 aliphatic carbocycles. The van der Waals surface area contributed by atoms with Crippen LogP contribution in [0.4, 0.5) is 0 Å². The number of oxazole rings is 1. The number of hydrogen-bond acceptors (Lipinski definition) is 4. The lowest BCUT2D eigenvalue weighted by molar-refractivity contribution is -0.592. The number of para-hydroxylation sites is 2. The molecule has 1 aromatic carbocycles. The Hall–Kier alpha value is -2.08. The van der Waals surface area contributed by atoms with E-state index >= 15 is 0 Å². The van der Waals surface area contributed by atoms with Gasteiger partial charge in [-0.2, -0.15) is 0 Å². The summed E-state index contributed by atoms with van der Waals surface area (Å²) in [6.45, 7) is 6.49. The van der Waals surface area contributed by atoms with Crippen LogP contribution < -0.4 is 10.0 Å². The van der Waals surface area contributed by atoms with E-state index in [1.165, 1.54) is 0 Å². The first-order chi connectivity index (χ1) is 10.2. The fourth-order valence-electron chi connectivity index (χ4n) is 2.18. The van der Waals surface area contributed by atoms with Gasteiger partial charge in [-0.15, -0.1) is 4.73 Å². The molecular formula is C15H21N3O3. The number of fused-ring (bicyclic) bond motifs is 1. The summed E-state index contributed by atoms with van der Waals surface area (Å²) in [7, 11) is 0. The van der Waals surface area contributed by atoms with E-state index in [0.717, 1.165) is 17.8 Å². The topological polar surface area (TPSA) is 72.4 Å². The molecule has 6 heteroatoms. The second-order valence-corrected chi connectivity index (χ2v) is 4.82. The largest absolute Gasteiger partial charge is 0.616 e. The first kappa shape index (κ1) is 15.3. The molecule has 6 nitrogen and oxygen atoms in total. The van der Waals surface area contributed by atoms with E-state index in [-0.39, 0.29) is 5.91 Å². The minimum atomic E-state index is -0.0349. The highest BCUT2D eigenvalue weighted by molar-refractivity contribution is 5.78. The fourth-order valence-corrected chi connectivity index (χ4v) is 2.18. The number of nitrogens with zero attached hydrogens (tertiary/aromatic N) is 2. The lowest BCUT2D eigenvalue weighted by Gasteiger charge is -2.16. The molecular weight excluding hydrogens is 270 g/mol. The minimum Gasteiger partial charge on any atom is -0.616 e. The van der Waals surface area contributed by atoms with E-state index in [0.29, 0.717) is 36.5 Å². The van der Waals surface area contributed by atoms with Gasteiger partial charge in [-0.3, -0.25) is 9.69 Å². The number of rotatable bonds is 7. The van der Waals surface area contributed by atoms with Gasteiger partial charge in [0.15, 0.2) is 0 Å². The van der Waals surface area contributed by atoms with Crippen LogP contribution in [0.15, 0.2) is 28.7 Å². The minimum absolute atomic E-state index is 0.0349. The van der Waals surface area contributed by atoms with Gasteiger partial charge in [0.1, 0.15) is 0 Å². The molecule has 2 aromatic rings. The Balaban J connectivity index is 1.88. The molecule has 114 valence electrons. The van der Waals surface area contributed by atoms with E-state index in [2.05, 4.69) is 5.32 Å². The number of carbonyl (C=O) groups is 1. The maximum absolute atomic E-state index is 12.0. The normalized spacial score (nSPS) is 11.2. The summed E-state index contributed by atoms with van der Waals surface area (Å²) in [5.41, 5.74) is 1.08. The average Bonchev–Trinajstić information content (AvgIpc) is 2.82. The van der Waals surface area contributed by atoms with Crippen molar-refractivity contribution in [2.45, 2.75) is 20.3 Å². The molecule has 0 atom stereocenters. The van der Waals surface area contributed by atoms with Crippen molar-refractivity contribution in [1.82, 2.24) is 10.2 Å². The van der Waals surface area contributed by atoms with E-state index in [9.17, 15) is 10.0 Å². The summed E-state index contributed by atoms with van der Waals surface area (Å²) in [5.74, 6) is 0.284. The lowest BCUT2D eigenvalue weighted by Crippen LogP contribution is -2.39. The number of hydrogen-bond donors (Lipinski definition) is 1. The van der Waals surface area contributed by atoms with Gasteiger partial charge < -0.3 is 14.9 Å². The third-order valence-corrected chi connectivity index (χ3v) is 3.46. The Morgan fingerprint density at radius 2 is 2.05 bits per heavy atom. The summed E-state index contributed by atoms with van der Waals surface area (Å²) >= 11 is 0.